The fraction of sp³-hybridized carbons (Fsp3) is 0.727. The van der Waals surface area contributed by atoms with Gasteiger partial charge in [0.25, 0.3) is 0 Å². The minimum atomic E-state index is -1.87. The summed E-state index contributed by atoms with van der Waals surface area (Å²) in [4.78, 5) is 20.6. The molecular weight excluding hydrogens is 296 g/mol. The fourth-order valence-corrected chi connectivity index (χ4v) is 3.17. The van der Waals surface area contributed by atoms with Crippen LogP contribution in [0.4, 0.5) is 0 Å². The lowest BCUT2D eigenvalue weighted by Crippen LogP contribution is -2.42. The summed E-state index contributed by atoms with van der Waals surface area (Å²) >= 11 is 0. The van der Waals surface area contributed by atoms with Crippen LogP contribution in [0.5, 0.6) is 0 Å². The normalized spacial score (nSPS) is 13.3. The maximum absolute atomic E-state index is 11.8. The van der Waals surface area contributed by atoms with E-state index in [0.717, 1.165) is 0 Å². The molecule has 0 radical (unpaired) electrons. The van der Waals surface area contributed by atoms with Crippen molar-refractivity contribution >= 4 is 32.4 Å². The van der Waals surface area contributed by atoms with E-state index in [1.165, 1.54) is 0 Å². The Morgan fingerprint density at radius 2 is 1.58 bits per heavy atom. The summed E-state index contributed by atoms with van der Waals surface area (Å²) in [6.07, 6.45) is -0.657. The Balaban J connectivity index is 4.82. The summed E-state index contributed by atoms with van der Waals surface area (Å²) in [5.74, 6) is -0.553. The van der Waals surface area contributed by atoms with Crippen LogP contribution in [0.1, 0.15) is 0 Å². The highest BCUT2D eigenvalue weighted by molar-refractivity contribution is 6.70. The van der Waals surface area contributed by atoms with Crippen LogP contribution < -0.4 is 0 Å². The zero-order valence-corrected chi connectivity index (χ0v) is 16.2. The van der Waals surface area contributed by atoms with Crippen molar-refractivity contribution in [2.75, 3.05) is 6.23 Å². The zero-order chi connectivity index (χ0) is 15.3. The molecule has 0 saturated carbocycles. The molecule has 0 aromatic rings. The summed E-state index contributed by atoms with van der Waals surface area (Å²) in [6.45, 7) is 15.9. The first-order valence-electron chi connectivity index (χ1n) is 6.29. The van der Waals surface area contributed by atoms with Gasteiger partial charge in [0.1, 0.15) is 6.23 Å². The highest BCUT2D eigenvalue weighted by Gasteiger charge is 2.31. The maximum Gasteiger partial charge on any atom is 0.338 e. The predicted octanol–water partition coefficient (Wildman–Crippen LogP) is 1.15. The Morgan fingerprint density at radius 3 is 1.89 bits per heavy atom. The molecule has 0 spiro atoms. The lowest BCUT2D eigenvalue weighted by molar-refractivity contribution is -0.140. The third kappa shape index (κ3) is 9.30. The van der Waals surface area contributed by atoms with Crippen molar-refractivity contribution in [3.8, 4) is 0 Å². The monoisotopic (exact) mass is 322 g/mol. The molecule has 0 fully saturated rings. The van der Waals surface area contributed by atoms with Gasteiger partial charge in [0.2, 0.25) is 0 Å². The minimum absolute atomic E-state index is 0.0878. The molecule has 5 nitrogen and oxygen atoms in total. The number of carbonyl (C=O) groups is 1. The number of ether oxygens (including phenoxy) is 1. The van der Waals surface area contributed by atoms with Crippen LogP contribution in [0, 0.1) is 0 Å². The molecular formula is C11H26O5Si3. The topological polar surface area (TPSA) is 65.0 Å². The van der Waals surface area contributed by atoms with E-state index in [1.807, 2.05) is 39.3 Å². The van der Waals surface area contributed by atoms with Gasteiger partial charge >= 0.3 is 5.97 Å². The van der Waals surface area contributed by atoms with Crippen molar-refractivity contribution in [2.24, 2.45) is 0 Å². The third-order valence-corrected chi connectivity index (χ3v) is 4.02. The van der Waals surface area contributed by atoms with Gasteiger partial charge in [-0.3, -0.25) is 0 Å². The summed E-state index contributed by atoms with van der Waals surface area (Å²) in [7, 11) is -5.05. The predicted molar refractivity (Wildman–Crippen MR) is 83.5 cm³/mol. The summed E-state index contributed by atoms with van der Waals surface area (Å²) in [5, 5.41) is 0. The van der Waals surface area contributed by atoms with Crippen molar-refractivity contribution in [3.63, 3.8) is 0 Å². The average Bonchev–Trinajstić information content (AvgIpc) is 2.19. The van der Waals surface area contributed by atoms with E-state index in [2.05, 4.69) is 6.58 Å². The second-order valence-corrected chi connectivity index (χ2v) is 16.0. The van der Waals surface area contributed by atoms with Crippen LogP contribution in [-0.2, 0) is 18.4 Å². The molecule has 112 valence electrons. The smallest absolute Gasteiger partial charge is 0.338 e. The van der Waals surface area contributed by atoms with Gasteiger partial charge in [0.05, 0.1) is 5.57 Å². The minimum Gasteiger partial charge on any atom is -0.464 e. The van der Waals surface area contributed by atoms with Gasteiger partial charge in [-0.2, -0.15) is 0 Å². The molecule has 0 unspecified atom stereocenters. The van der Waals surface area contributed by atoms with Gasteiger partial charge in [0.15, 0.2) is 32.7 Å². The van der Waals surface area contributed by atoms with Crippen molar-refractivity contribution in [3.05, 3.63) is 12.2 Å². The number of rotatable bonds is 8. The Morgan fingerprint density at radius 1 is 1.16 bits per heavy atom. The van der Waals surface area contributed by atoms with E-state index in [0.29, 0.717) is 0 Å². The summed E-state index contributed by atoms with van der Waals surface area (Å²) in [5.41, 5.74) is 0.173. The second-order valence-electron chi connectivity index (χ2n) is 6.18. The molecule has 0 bridgehead atoms. The van der Waals surface area contributed by atoms with E-state index in [9.17, 15) is 4.79 Å². The van der Waals surface area contributed by atoms with E-state index in [-0.39, 0.29) is 11.8 Å². The third-order valence-electron chi connectivity index (χ3n) is 1.79. The largest absolute Gasteiger partial charge is 0.464 e. The first-order chi connectivity index (χ1) is 8.46. The lowest BCUT2D eigenvalue weighted by Gasteiger charge is -2.31. The van der Waals surface area contributed by atoms with Crippen LogP contribution in [-0.4, -0.2) is 49.7 Å². The van der Waals surface area contributed by atoms with Crippen molar-refractivity contribution in [1.29, 1.82) is 0 Å². The van der Waals surface area contributed by atoms with Gasteiger partial charge in [0, 0.05) is 0 Å². The Labute approximate surface area is 120 Å². The Bertz CT molecular complexity index is 303. The molecule has 0 saturated heterocycles. The van der Waals surface area contributed by atoms with Crippen molar-refractivity contribution < 1.29 is 23.2 Å². The molecule has 0 aliphatic heterocycles. The van der Waals surface area contributed by atoms with E-state index in [1.54, 1.807) is 0 Å². The van der Waals surface area contributed by atoms with Gasteiger partial charge in [-0.15, -0.1) is 0 Å². The van der Waals surface area contributed by atoms with Crippen molar-refractivity contribution in [2.45, 2.75) is 45.6 Å². The highest BCUT2D eigenvalue weighted by Crippen LogP contribution is 2.20. The number of hydrogen-bond donors (Lipinski definition) is 1. The van der Waals surface area contributed by atoms with E-state index >= 15 is 0 Å². The Kier molecular flexibility index (Phi) is 7.40. The van der Waals surface area contributed by atoms with Crippen molar-refractivity contribution in [1.82, 2.24) is 0 Å². The van der Waals surface area contributed by atoms with E-state index in [4.69, 9.17) is 18.4 Å². The molecule has 0 heterocycles. The zero-order valence-electron chi connectivity index (χ0n) is 12.8. The van der Waals surface area contributed by atoms with Gasteiger partial charge in [-0.05, 0) is 39.3 Å². The van der Waals surface area contributed by atoms with Gasteiger partial charge in [-0.25, -0.2) is 4.79 Å². The summed E-state index contributed by atoms with van der Waals surface area (Å²) in [6, 6.07) is 0. The fourth-order valence-electron chi connectivity index (χ4n) is 1.14. The molecule has 0 atom stereocenters. The number of hydrogen-bond acceptors (Lipinski definition) is 5. The molecule has 0 aromatic carbocycles. The lowest BCUT2D eigenvalue weighted by atomic mass is 10.3. The molecule has 8 heteroatoms. The molecule has 0 amide bonds. The van der Waals surface area contributed by atoms with Crippen LogP contribution in [0.2, 0.25) is 39.3 Å². The van der Waals surface area contributed by atoms with Crippen LogP contribution >= 0.6 is 0 Å². The van der Waals surface area contributed by atoms with Gasteiger partial charge in [-0.1, -0.05) is 6.58 Å². The number of esters is 1. The molecule has 0 aromatic heterocycles. The van der Waals surface area contributed by atoms with Crippen LogP contribution in [0.25, 0.3) is 0 Å². The molecule has 19 heavy (non-hydrogen) atoms. The first kappa shape index (κ1) is 18.7. The first-order valence-corrected chi connectivity index (χ1v) is 14.7. The Hall–Kier alpha value is -0.259. The number of carbonyl (C=O) groups excluding carboxylic acids is 1. The molecule has 0 aliphatic carbocycles. The second kappa shape index (κ2) is 7.50. The molecule has 0 aliphatic rings. The summed E-state index contributed by atoms with van der Waals surface area (Å²) < 4.78 is 16.7. The van der Waals surface area contributed by atoms with Gasteiger partial charge < -0.3 is 18.4 Å². The SMILES string of the molecule is C=C(C(=O)OC[SiH2]O)C(O[Si](C)(C)C)O[Si](C)(C)C. The average molecular weight is 323 g/mol. The van der Waals surface area contributed by atoms with Crippen LogP contribution in [0.3, 0.4) is 0 Å². The standard InChI is InChI=1S/C11H26O5Si3/c1-9(10(12)14-8-17-13)11(15-18(2,3)4)16-19(5,6)7/h11,13H,1,8,17H2,2-7H3. The molecule has 1 N–H and O–H groups in total. The molecule has 0 rings (SSSR count). The quantitative estimate of drug-likeness (QED) is 0.314. The van der Waals surface area contributed by atoms with E-state index < -0.39 is 38.7 Å². The maximum atomic E-state index is 11.8. The highest BCUT2D eigenvalue weighted by atomic mass is 28.4. The van der Waals surface area contributed by atoms with Crippen LogP contribution in [0.15, 0.2) is 12.2 Å².